The van der Waals surface area contributed by atoms with E-state index in [1.54, 1.807) is 30.5 Å². The molecule has 0 radical (unpaired) electrons. The van der Waals surface area contributed by atoms with Gasteiger partial charge in [0, 0.05) is 18.7 Å². The molecule has 1 atom stereocenters. The molecule has 10 heteroatoms. The maximum Gasteiger partial charge on any atom is 0.414 e. The third kappa shape index (κ3) is 3.31. The van der Waals surface area contributed by atoms with Gasteiger partial charge in [0.25, 0.3) is 0 Å². The number of ether oxygens (including phenoxy) is 1. The molecule has 0 spiro atoms. The van der Waals surface area contributed by atoms with E-state index in [0.29, 0.717) is 22.5 Å². The second kappa shape index (κ2) is 6.80. The first-order chi connectivity index (χ1) is 13.4. The monoisotopic (exact) mass is 384 g/mol. The van der Waals surface area contributed by atoms with E-state index >= 15 is 0 Å². The summed E-state index contributed by atoms with van der Waals surface area (Å²) in [6, 6.07) is 7.88. The number of pyridine rings is 1. The minimum atomic E-state index is -0.581. The number of cyclic esters (lactones) is 1. The standard InChI is InChI=1S/C18H17FN6O3/c1-10(26)21-8-13-9-24(18(27)28-13)12-2-3-14(15(19)7-12)11-4-5-25-16(6-11)22-17(20)23-25/h2-7,13H,8-9H2,1H3,(H2,20,23)(H,21,26)/t13-/m0/s1. The Morgan fingerprint density at radius 3 is 2.96 bits per heavy atom. The Hall–Kier alpha value is -3.69. The third-order valence-electron chi connectivity index (χ3n) is 4.38. The number of rotatable bonds is 4. The molecule has 28 heavy (non-hydrogen) atoms. The number of nitrogens with one attached hydrogen (secondary N) is 1. The van der Waals surface area contributed by atoms with Crippen molar-refractivity contribution in [1.82, 2.24) is 19.9 Å². The Balaban J connectivity index is 1.57. The zero-order valence-electron chi connectivity index (χ0n) is 14.9. The normalized spacial score (nSPS) is 16.4. The number of fused-ring (bicyclic) bond motifs is 1. The second-order valence-electron chi connectivity index (χ2n) is 6.41. The lowest BCUT2D eigenvalue weighted by Crippen LogP contribution is -2.33. The molecule has 0 saturated carbocycles. The zero-order valence-corrected chi connectivity index (χ0v) is 14.9. The molecule has 1 fully saturated rings. The fourth-order valence-electron chi connectivity index (χ4n) is 3.07. The molecule has 0 unspecified atom stereocenters. The number of halogens is 1. The quantitative estimate of drug-likeness (QED) is 0.706. The highest BCUT2D eigenvalue weighted by molar-refractivity contribution is 5.90. The van der Waals surface area contributed by atoms with Gasteiger partial charge in [0.15, 0.2) is 5.65 Å². The van der Waals surface area contributed by atoms with Gasteiger partial charge in [0.2, 0.25) is 11.9 Å². The Morgan fingerprint density at radius 2 is 2.21 bits per heavy atom. The van der Waals surface area contributed by atoms with Gasteiger partial charge in [-0.2, -0.15) is 4.98 Å². The smallest absolute Gasteiger partial charge is 0.414 e. The number of hydrogen-bond acceptors (Lipinski definition) is 6. The van der Waals surface area contributed by atoms with Crippen LogP contribution in [0.3, 0.4) is 0 Å². The first-order valence-corrected chi connectivity index (χ1v) is 8.55. The number of nitrogen functional groups attached to an aromatic ring is 1. The van der Waals surface area contributed by atoms with E-state index in [4.69, 9.17) is 10.5 Å². The van der Waals surface area contributed by atoms with Crippen LogP contribution in [0.15, 0.2) is 36.5 Å². The number of anilines is 2. The summed E-state index contributed by atoms with van der Waals surface area (Å²) in [5.41, 5.74) is 7.42. The van der Waals surface area contributed by atoms with Crippen LogP contribution in [-0.4, -0.2) is 45.8 Å². The van der Waals surface area contributed by atoms with Crippen LogP contribution < -0.4 is 16.0 Å². The van der Waals surface area contributed by atoms with Gasteiger partial charge in [0.1, 0.15) is 11.9 Å². The van der Waals surface area contributed by atoms with Crippen LogP contribution in [0.2, 0.25) is 0 Å². The van der Waals surface area contributed by atoms with Crippen LogP contribution in [0.25, 0.3) is 16.8 Å². The van der Waals surface area contributed by atoms with Gasteiger partial charge in [-0.25, -0.2) is 13.7 Å². The molecule has 2 aromatic heterocycles. The number of benzene rings is 1. The fourth-order valence-corrected chi connectivity index (χ4v) is 3.07. The number of hydrogen-bond donors (Lipinski definition) is 2. The lowest BCUT2D eigenvalue weighted by atomic mass is 10.1. The van der Waals surface area contributed by atoms with Crippen LogP contribution >= 0.6 is 0 Å². The maximum atomic E-state index is 14.8. The van der Waals surface area contributed by atoms with Gasteiger partial charge in [-0.05, 0) is 35.9 Å². The van der Waals surface area contributed by atoms with Gasteiger partial charge in [0.05, 0.1) is 18.8 Å². The summed E-state index contributed by atoms with van der Waals surface area (Å²) in [5.74, 6) is -0.571. The Kier molecular flexibility index (Phi) is 4.30. The predicted molar refractivity (Wildman–Crippen MR) is 99.1 cm³/mol. The number of carbonyl (C=O) groups excluding carboxylic acids is 2. The summed E-state index contributed by atoms with van der Waals surface area (Å²) >= 11 is 0. The second-order valence-corrected chi connectivity index (χ2v) is 6.41. The maximum absolute atomic E-state index is 14.8. The fraction of sp³-hybridized carbons (Fsp3) is 0.222. The molecule has 3 heterocycles. The molecule has 1 aliphatic heterocycles. The first-order valence-electron chi connectivity index (χ1n) is 8.55. The average molecular weight is 384 g/mol. The molecule has 1 aromatic carbocycles. The van der Waals surface area contributed by atoms with E-state index in [9.17, 15) is 14.0 Å². The third-order valence-corrected chi connectivity index (χ3v) is 4.38. The summed E-state index contributed by atoms with van der Waals surface area (Å²) < 4.78 is 21.5. The van der Waals surface area contributed by atoms with Gasteiger partial charge in [-0.15, -0.1) is 5.10 Å². The van der Waals surface area contributed by atoms with Crippen molar-refractivity contribution >= 4 is 29.3 Å². The van der Waals surface area contributed by atoms with Gasteiger partial charge >= 0.3 is 6.09 Å². The van der Waals surface area contributed by atoms with Crippen molar-refractivity contribution < 1.29 is 18.7 Å². The Bertz CT molecular complexity index is 1080. The highest BCUT2D eigenvalue weighted by Gasteiger charge is 2.32. The van der Waals surface area contributed by atoms with Crippen LogP contribution in [0.1, 0.15) is 6.92 Å². The number of nitrogens with two attached hydrogens (primary N) is 1. The minimum absolute atomic E-state index is 0.134. The van der Waals surface area contributed by atoms with Crippen LogP contribution in [0.5, 0.6) is 0 Å². The number of amides is 2. The Morgan fingerprint density at radius 1 is 1.39 bits per heavy atom. The zero-order chi connectivity index (χ0) is 19.8. The highest BCUT2D eigenvalue weighted by Crippen LogP contribution is 2.29. The summed E-state index contributed by atoms with van der Waals surface area (Å²) in [6.45, 7) is 1.82. The topological polar surface area (TPSA) is 115 Å². The molecule has 1 aliphatic rings. The van der Waals surface area contributed by atoms with E-state index in [2.05, 4.69) is 15.4 Å². The number of carbonyl (C=O) groups is 2. The first kappa shape index (κ1) is 17.7. The molecule has 3 aromatic rings. The molecular weight excluding hydrogens is 367 g/mol. The lowest BCUT2D eigenvalue weighted by Gasteiger charge is -2.14. The largest absolute Gasteiger partial charge is 0.442 e. The summed E-state index contributed by atoms with van der Waals surface area (Å²) in [7, 11) is 0. The Labute approximate surface area is 158 Å². The van der Waals surface area contributed by atoms with Gasteiger partial charge in [-0.1, -0.05) is 0 Å². The summed E-state index contributed by atoms with van der Waals surface area (Å²) in [4.78, 5) is 28.5. The summed E-state index contributed by atoms with van der Waals surface area (Å²) in [5, 5.41) is 6.58. The number of aromatic nitrogens is 3. The molecule has 9 nitrogen and oxygen atoms in total. The minimum Gasteiger partial charge on any atom is -0.442 e. The molecule has 0 bridgehead atoms. The van der Waals surface area contributed by atoms with Crippen molar-refractivity contribution in [3.8, 4) is 11.1 Å². The van der Waals surface area contributed by atoms with E-state index in [-0.39, 0.29) is 24.9 Å². The van der Waals surface area contributed by atoms with Gasteiger partial charge in [-0.3, -0.25) is 9.69 Å². The van der Waals surface area contributed by atoms with Crippen molar-refractivity contribution in [2.45, 2.75) is 13.0 Å². The van der Waals surface area contributed by atoms with E-state index in [1.807, 2.05) is 0 Å². The molecule has 4 rings (SSSR count). The molecule has 2 amide bonds. The number of nitrogens with zero attached hydrogens (tertiary/aromatic N) is 4. The molecule has 1 saturated heterocycles. The molecule has 144 valence electrons. The average Bonchev–Trinajstić information content (AvgIpc) is 3.20. The van der Waals surface area contributed by atoms with Crippen LogP contribution in [-0.2, 0) is 9.53 Å². The van der Waals surface area contributed by atoms with E-state index in [0.717, 1.165) is 0 Å². The van der Waals surface area contributed by atoms with Crippen molar-refractivity contribution in [3.05, 3.63) is 42.3 Å². The molecule has 0 aliphatic carbocycles. The van der Waals surface area contributed by atoms with Gasteiger partial charge < -0.3 is 15.8 Å². The van der Waals surface area contributed by atoms with Crippen molar-refractivity contribution in [3.63, 3.8) is 0 Å². The van der Waals surface area contributed by atoms with Crippen LogP contribution in [0.4, 0.5) is 20.8 Å². The SMILES string of the molecule is CC(=O)NC[C@H]1CN(c2ccc(-c3ccn4nc(N)nc4c3)c(F)c2)C(=O)O1. The van der Waals surface area contributed by atoms with Crippen molar-refractivity contribution in [1.29, 1.82) is 0 Å². The van der Waals surface area contributed by atoms with Crippen LogP contribution in [0, 0.1) is 5.82 Å². The lowest BCUT2D eigenvalue weighted by molar-refractivity contribution is -0.119. The van der Waals surface area contributed by atoms with Crippen molar-refractivity contribution in [2.24, 2.45) is 0 Å². The van der Waals surface area contributed by atoms with E-state index in [1.165, 1.54) is 22.4 Å². The van der Waals surface area contributed by atoms with E-state index < -0.39 is 18.0 Å². The molecule has 3 N–H and O–H groups in total. The highest BCUT2D eigenvalue weighted by atomic mass is 19.1. The molecular formula is C18H17FN6O3. The predicted octanol–water partition coefficient (Wildman–Crippen LogP) is 1.58. The summed E-state index contributed by atoms with van der Waals surface area (Å²) in [6.07, 6.45) is 0.578. The van der Waals surface area contributed by atoms with Crippen molar-refractivity contribution in [2.75, 3.05) is 23.7 Å².